The van der Waals surface area contributed by atoms with E-state index < -0.39 is 5.91 Å². The summed E-state index contributed by atoms with van der Waals surface area (Å²) in [5.41, 5.74) is 3.73. The highest BCUT2D eigenvalue weighted by atomic mass is 79.9. The standard InChI is InChI=1S/C18H16BrN3O/c1-12-4-3-5-17(13(12)2)21-11-14(10-20)18(23)22-16-8-6-15(19)7-9-16/h3-9,11,21H,1-2H3,(H,22,23)/b14-11-. The number of nitrogens with one attached hydrogen (secondary N) is 2. The van der Waals surface area contributed by atoms with Crippen molar-refractivity contribution < 1.29 is 4.79 Å². The van der Waals surface area contributed by atoms with Gasteiger partial charge in [-0.2, -0.15) is 5.26 Å². The van der Waals surface area contributed by atoms with Crippen LogP contribution < -0.4 is 10.6 Å². The van der Waals surface area contributed by atoms with Crippen molar-refractivity contribution in [2.75, 3.05) is 10.6 Å². The largest absolute Gasteiger partial charge is 0.360 e. The van der Waals surface area contributed by atoms with E-state index in [1.807, 2.05) is 50.2 Å². The summed E-state index contributed by atoms with van der Waals surface area (Å²) in [6, 6.07) is 14.9. The van der Waals surface area contributed by atoms with Crippen LogP contribution in [0.5, 0.6) is 0 Å². The number of hydrogen-bond donors (Lipinski definition) is 2. The highest BCUT2D eigenvalue weighted by molar-refractivity contribution is 9.10. The number of hydrogen-bond acceptors (Lipinski definition) is 3. The highest BCUT2D eigenvalue weighted by Crippen LogP contribution is 2.18. The van der Waals surface area contributed by atoms with Crippen LogP contribution in [-0.4, -0.2) is 5.91 Å². The summed E-state index contributed by atoms with van der Waals surface area (Å²) in [5, 5.41) is 14.9. The fourth-order valence-electron chi connectivity index (χ4n) is 1.94. The molecule has 5 heteroatoms. The Labute approximate surface area is 144 Å². The zero-order valence-electron chi connectivity index (χ0n) is 12.9. The van der Waals surface area contributed by atoms with Gasteiger partial charge in [-0.1, -0.05) is 28.1 Å². The van der Waals surface area contributed by atoms with Crippen molar-refractivity contribution in [2.24, 2.45) is 0 Å². The van der Waals surface area contributed by atoms with E-state index in [1.54, 1.807) is 12.1 Å². The Hall–Kier alpha value is -2.58. The lowest BCUT2D eigenvalue weighted by molar-refractivity contribution is -0.112. The van der Waals surface area contributed by atoms with Crippen LogP contribution in [0, 0.1) is 25.2 Å². The van der Waals surface area contributed by atoms with Crippen LogP contribution in [0.3, 0.4) is 0 Å². The first kappa shape index (κ1) is 16.8. The van der Waals surface area contributed by atoms with Crippen molar-refractivity contribution in [3.8, 4) is 6.07 Å². The molecule has 0 radical (unpaired) electrons. The summed E-state index contributed by atoms with van der Waals surface area (Å²) < 4.78 is 0.920. The number of nitriles is 1. The number of rotatable bonds is 4. The summed E-state index contributed by atoms with van der Waals surface area (Å²) in [7, 11) is 0. The van der Waals surface area contributed by atoms with E-state index in [4.69, 9.17) is 0 Å². The molecule has 0 saturated carbocycles. The first-order valence-electron chi connectivity index (χ1n) is 7.01. The van der Waals surface area contributed by atoms with Gasteiger partial charge in [-0.25, -0.2) is 0 Å². The van der Waals surface area contributed by atoms with E-state index in [0.717, 1.165) is 21.3 Å². The monoisotopic (exact) mass is 369 g/mol. The number of amides is 1. The average molecular weight is 370 g/mol. The number of carbonyl (C=O) groups excluding carboxylic acids is 1. The lowest BCUT2D eigenvalue weighted by atomic mass is 10.1. The van der Waals surface area contributed by atoms with Gasteiger partial charge in [0.25, 0.3) is 5.91 Å². The molecule has 0 aliphatic heterocycles. The summed E-state index contributed by atoms with van der Waals surface area (Å²) in [6.45, 7) is 4.00. The summed E-state index contributed by atoms with van der Waals surface area (Å²) in [5.74, 6) is -0.451. The molecule has 0 aliphatic carbocycles. The van der Waals surface area contributed by atoms with Crippen LogP contribution in [-0.2, 0) is 4.79 Å². The second kappa shape index (κ2) is 7.61. The molecule has 2 aromatic rings. The lowest BCUT2D eigenvalue weighted by Gasteiger charge is -2.09. The van der Waals surface area contributed by atoms with Gasteiger partial charge >= 0.3 is 0 Å². The second-order valence-electron chi connectivity index (χ2n) is 5.02. The smallest absolute Gasteiger partial charge is 0.267 e. The molecule has 2 rings (SSSR count). The molecule has 0 bridgehead atoms. The Morgan fingerprint density at radius 2 is 1.87 bits per heavy atom. The fraction of sp³-hybridized carbons (Fsp3) is 0.111. The summed E-state index contributed by atoms with van der Waals surface area (Å²) >= 11 is 3.33. The molecule has 0 fully saturated rings. The molecular formula is C18H16BrN3O. The van der Waals surface area contributed by atoms with E-state index >= 15 is 0 Å². The number of aryl methyl sites for hydroxylation is 1. The molecule has 0 unspecified atom stereocenters. The van der Waals surface area contributed by atoms with Gasteiger partial charge in [0.2, 0.25) is 0 Å². The van der Waals surface area contributed by atoms with Crippen LogP contribution in [0.15, 0.2) is 58.7 Å². The van der Waals surface area contributed by atoms with Gasteiger partial charge in [0.15, 0.2) is 0 Å². The Bertz CT molecular complexity index is 789. The van der Waals surface area contributed by atoms with Crippen molar-refractivity contribution in [3.05, 3.63) is 69.8 Å². The third kappa shape index (κ3) is 4.44. The zero-order chi connectivity index (χ0) is 16.8. The van der Waals surface area contributed by atoms with Crippen molar-refractivity contribution in [1.29, 1.82) is 5.26 Å². The first-order chi connectivity index (χ1) is 11.0. The molecule has 23 heavy (non-hydrogen) atoms. The highest BCUT2D eigenvalue weighted by Gasteiger charge is 2.09. The predicted octanol–water partition coefficient (Wildman–Crippen LogP) is 4.52. The van der Waals surface area contributed by atoms with E-state index in [1.165, 1.54) is 6.20 Å². The Morgan fingerprint density at radius 1 is 1.17 bits per heavy atom. The minimum atomic E-state index is -0.451. The van der Waals surface area contributed by atoms with Crippen LogP contribution >= 0.6 is 15.9 Å². The molecule has 0 spiro atoms. The first-order valence-corrected chi connectivity index (χ1v) is 7.80. The van der Waals surface area contributed by atoms with Crippen LogP contribution in [0.2, 0.25) is 0 Å². The quantitative estimate of drug-likeness (QED) is 0.614. The minimum Gasteiger partial charge on any atom is -0.360 e. The van der Waals surface area contributed by atoms with Crippen molar-refractivity contribution in [3.63, 3.8) is 0 Å². The van der Waals surface area contributed by atoms with E-state index in [-0.39, 0.29) is 5.57 Å². The maximum atomic E-state index is 12.1. The number of anilines is 2. The fourth-order valence-corrected chi connectivity index (χ4v) is 2.20. The average Bonchev–Trinajstić information content (AvgIpc) is 2.54. The maximum Gasteiger partial charge on any atom is 0.267 e. The number of halogens is 1. The second-order valence-corrected chi connectivity index (χ2v) is 5.94. The van der Waals surface area contributed by atoms with Gasteiger partial charge in [0, 0.05) is 22.0 Å². The zero-order valence-corrected chi connectivity index (χ0v) is 14.4. The SMILES string of the molecule is Cc1cccc(N/C=C(/C#N)C(=O)Nc2ccc(Br)cc2)c1C. The molecule has 0 atom stereocenters. The van der Waals surface area contributed by atoms with Gasteiger partial charge < -0.3 is 10.6 Å². The molecule has 0 aliphatic rings. The number of carbonyl (C=O) groups is 1. The topological polar surface area (TPSA) is 64.9 Å². The van der Waals surface area contributed by atoms with E-state index in [2.05, 4.69) is 26.6 Å². The van der Waals surface area contributed by atoms with Crippen LogP contribution in [0.25, 0.3) is 0 Å². The molecule has 0 heterocycles. The molecule has 0 saturated heterocycles. The van der Waals surface area contributed by atoms with Crippen LogP contribution in [0.4, 0.5) is 11.4 Å². The molecule has 116 valence electrons. The number of benzene rings is 2. The predicted molar refractivity (Wildman–Crippen MR) is 96.0 cm³/mol. The third-order valence-corrected chi connectivity index (χ3v) is 3.97. The number of nitrogens with zero attached hydrogens (tertiary/aromatic N) is 1. The molecule has 2 aromatic carbocycles. The van der Waals surface area contributed by atoms with E-state index in [9.17, 15) is 10.1 Å². The molecular weight excluding hydrogens is 354 g/mol. The van der Waals surface area contributed by atoms with Crippen LogP contribution in [0.1, 0.15) is 11.1 Å². The Kier molecular flexibility index (Phi) is 5.56. The summed E-state index contributed by atoms with van der Waals surface area (Å²) in [6.07, 6.45) is 1.43. The lowest BCUT2D eigenvalue weighted by Crippen LogP contribution is -2.14. The maximum absolute atomic E-state index is 12.1. The Morgan fingerprint density at radius 3 is 2.52 bits per heavy atom. The van der Waals surface area contributed by atoms with Gasteiger partial charge in [-0.05, 0) is 55.3 Å². The molecule has 2 N–H and O–H groups in total. The van der Waals surface area contributed by atoms with Gasteiger partial charge in [-0.15, -0.1) is 0 Å². The third-order valence-electron chi connectivity index (χ3n) is 3.44. The molecule has 1 amide bonds. The normalized spacial score (nSPS) is 10.8. The van der Waals surface area contributed by atoms with Crippen molar-refractivity contribution in [1.82, 2.24) is 0 Å². The van der Waals surface area contributed by atoms with Gasteiger partial charge in [0.05, 0.1) is 0 Å². The molecule has 0 aromatic heterocycles. The minimum absolute atomic E-state index is 0.00817. The van der Waals surface area contributed by atoms with Crippen molar-refractivity contribution in [2.45, 2.75) is 13.8 Å². The summed E-state index contributed by atoms with van der Waals surface area (Å²) in [4.78, 5) is 12.1. The van der Waals surface area contributed by atoms with Crippen molar-refractivity contribution >= 4 is 33.2 Å². The van der Waals surface area contributed by atoms with Gasteiger partial charge in [0.1, 0.15) is 11.6 Å². The van der Waals surface area contributed by atoms with Gasteiger partial charge in [-0.3, -0.25) is 4.79 Å². The van der Waals surface area contributed by atoms with E-state index in [0.29, 0.717) is 5.69 Å². The Balaban J connectivity index is 2.12. The molecule has 4 nitrogen and oxygen atoms in total.